The quantitative estimate of drug-likeness (QED) is 0.760. The normalized spacial score (nSPS) is 22.8. The van der Waals surface area contributed by atoms with E-state index >= 15 is 0 Å². The third-order valence-corrected chi connectivity index (χ3v) is 4.11. The van der Waals surface area contributed by atoms with E-state index in [0.29, 0.717) is 38.3 Å². The van der Waals surface area contributed by atoms with E-state index in [9.17, 15) is 14.4 Å². The van der Waals surface area contributed by atoms with Gasteiger partial charge in [0.1, 0.15) is 0 Å². The van der Waals surface area contributed by atoms with Crippen LogP contribution in [0.25, 0.3) is 0 Å². The number of nitrogens with one attached hydrogen (secondary N) is 1. The zero-order valence-electron chi connectivity index (χ0n) is 11.7. The standard InChI is InChI=1S/C14H22N2O3/c1-10(2)7-13(19)16-5-3-14(4-6-16)8-11(17)15-12(18)9-14/h10H,3-9H2,1-2H3,(H,15,17,18). The lowest BCUT2D eigenvalue weighted by atomic mass is 9.71. The smallest absolute Gasteiger partial charge is 0.227 e. The number of hydrogen-bond acceptors (Lipinski definition) is 3. The fraction of sp³-hybridized carbons (Fsp3) is 0.786. The Bertz CT molecular complexity index is 377. The number of amides is 3. The summed E-state index contributed by atoms with van der Waals surface area (Å²) >= 11 is 0. The first-order valence-electron chi connectivity index (χ1n) is 7.01. The third kappa shape index (κ3) is 3.33. The second-order valence-corrected chi connectivity index (χ2v) is 6.30. The zero-order valence-corrected chi connectivity index (χ0v) is 11.7. The van der Waals surface area contributed by atoms with Gasteiger partial charge in [-0.05, 0) is 24.2 Å². The van der Waals surface area contributed by atoms with Crippen LogP contribution in [0.15, 0.2) is 0 Å². The molecule has 0 saturated carbocycles. The Morgan fingerprint density at radius 3 is 2.21 bits per heavy atom. The molecule has 5 nitrogen and oxygen atoms in total. The Morgan fingerprint density at radius 1 is 1.21 bits per heavy atom. The van der Waals surface area contributed by atoms with Crippen molar-refractivity contribution >= 4 is 17.7 Å². The van der Waals surface area contributed by atoms with Crippen LogP contribution in [0.4, 0.5) is 0 Å². The third-order valence-electron chi connectivity index (χ3n) is 4.11. The molecule has 0 aromatic carbocycles. The first-order valence-corrected chi connectivity index (χ1v) is 7.01. The molecule has 19 heavy (non-hydrogen) atoms. The first-order chi connectivity index (χ1) is 8.90. The van der Waals surface area contributed by atoms with Crippen molar-refractivity contribution in [2.45, 2.75) is 46.0 Å². The Labute approximate surface area is 113 Å². The number of likely N-dealkylation sites (tertiary alicyclic amines) is 1. The van der Waals surface area contributed by atoms with E-state index in [-0.39, 0.29) is 23.1 Å². The summed E-state index contributed by atoms with van der Waals surface area (Å²) in [5.74, 6) is 0.221. The van der Waals surface area contributed by atoms with Gasteiger partial charge < -0.3 is 4.90 Å². The van der Waals surface area contributed by atoms with Gasteiger partial charge in [-0.2, -0.15) is 0 Å². The van der Waals surface area contributed by atoms with Crippen LogP contribution in [-0.4, -0.2) is 35.7 Å². The predicted molar refractivity (Wildman–Crippen MR) is 70.1 cm³/mol. The van der Waals surface area contributed by atoms with Crippen molar-refractivity contribution in [3.05, 3.63) is 0 Å². The van der Waals surface area contributed by atoms with E-state index in [1.165, 1.54) is 0 Å². The molecular formula is C14H22N2O3. The van der Waals surface area contributed by atoms with Gasteiger partial charge in [-0.15, -0.1) is 0 Å². The minimum absolute atomic E-state index is 0.168. The fourth-order valence-electron chi connectivity index (χ4n) is 3.05. The molecule has 106 valence electrons. The van der Waals surface area contributed by atoms with Crippen LogP contribution in [-0.2, 0) is 14.4 Å². The Hall–Kier alpha value is -1.39. The van der Waals surface area contributed by atoms with Crippen molar-refractivity contribution in [2.75, 3.05) is 13.1 Å². The molecule has 5 heteroatoms. The van der Waals surface area contributed by atoms with Gasteiger partial charge in [0.25, 0.3) is 0 Å². The molecule has 2 heterocycles. The topological polar surface area (TPSA) is 66.5 Å². The number of carbonyl (C=O) groups excluding carboxylic acids is 3. The molecule has 0 aromatic heterocycles. The Morgan fingerprint density at radius 2 is 1.74 bits per heavy atom. The van der Waals surface area contributed by atoms with Crippen LogP contribution >= 0.6 is 0 Å². The predicted octanol–water partition coefficient (Wildman–Crippen LogP) is 1.08. The molecule has 0 atom stereocenters. The van der Waals surface area contributed by atoms with Crippen LogP contribution in [0.3, 0.4) is 0 Å². The molecule has 3 amide bonds. The van der Waals surface area contributed by atoms with Crippen LogP contribution in [0.1, 0.15) is 46.0 Å². The molecule has 2 saturated heterocycles. The van der Waals surface area contributed by atoms with E-state index < -0.39 is 0 Å². The number of nitrogens with zero attached hydrogens (tertiary/aromatic N) is 1. The number of imide groups is 1. The van der Waals surface area contributed by atoms with Gasteiger partial charge in [-0.1, -0.05) is 13.8 Å². The fourth-order valence-corrected chi connectivity index (χ4v) is 3.05. The minimum atomic E-state index is -0.200. The maximum Gasteiger partial charge on any atom is 0.227 e. The summed E-state index contributed by atoms with van der Waals surface area (Å²) in [5, 5.41) is 2.35. The van der Waals surface area contributed by atoms with E-state index in [1.807, 2.05) is 18.7 Å². The van der Waals surface area contributed by atoms with Crippen LogP contribution in [0, 0.1) is 11.3 Å². The van der Waals surface area contributed by atoms with Crippen molar-refractivity contribution in [3.63, 3.8) is 0 Å². The van der Waals surface area contributed by atoms with Crippen LogP contribution in [0.5, 0.6) is 0 Å². The van der Waals surface area contributed by atoms with E-state index in [2.05, 4.69) is 5.32 Å². The molecule has 0 bridgehead atoms. The number of hydrogen-bond donors (Lipinski definition) is 1. The summed E-state index contributed by atoms with van der Waals surface area (Å²) in [7, 11) is 0. The second kappa shape index (κ2) is 5.31. The van der Waals surface area contributed by atoms with Crippen molar-refractivity contribution in [2.24, 2.45) is 11.3 Å². The van der Waals surface area contributed by atoms with Crippen LogP contribution in [0.2, 0.25) is 0 Å². The summed E-state index contributed by atoms with van der Waals surface area (Å²) in [4.78, 5) is 36.9. The molecule has 0 aromatic rings. The highest BCUT2D eigenvalue weighted by atomic mass is 16.2. The lowest BCUT2D eigenvalue weighted by molar-refractivity contribution is -0.141. The molecule has 2 aliphatic rings. The summed E-state index contributed by atoms with van der Waals surface area (Å²) in [5.41, 5.74) is -0.200. The SMILES string of the molecule is CC(C)CC(=O)N1CCC2(CC1)CC(=O)NC(=O)C2. The Kier molecular flexibility index (Phi) is 3.92. The highest BCUT2D eigenvalue weighted by Gasteiger charge is 2.42. The average molecular weight is 266 g/mol. The summed E-state index contributed by atoms with van der Waals surface area (Å²) in [6, 6.07) is 0. The monoisotopic (exact) mass is 266 g/mol. The lowest BCUT2D eigenvalue weighted by Crippen LogP contribution is -2.51. The molecule has 1 N–H and O–H groups in total. The van der Waals surface area contributed by atoms with Crippen molar-refractivity contribution < 1.29 is 14.4 Å². The van der Waals surface area contributed by atoms with Gasteiger partial charge in [0, 0.05) is 32.4 Å². The molecule has 2 aliphatic heterocycles. The lowest BCUT2D eigenvalue weighted by Gasteiger charge is -2.43. The molecule has 0 unspecified atom stereocenters. The van der Waals surface area contributed by atoms with E-state index in [1.54, 1.807) is 0 Å². The van der Waals surface area contributed by atoms with Gasteiger partial charge >= 0.3 is 0 Å². The van der Waals surface area contributed by atoms with Gasteiger partial charge in [0.05, 0.1) is 0 Å². The van der Waals surface area contributed by atoms with Crippen molar-refractivity contribution in [1.29, 1.82) is 0 Å². The van der Waals surface area contributed by atoms with Gasteiger partial charge in [0.2, 0.25) is 17.7 Å². The Balaban J connectivity index is 1.93. The summed E-state index contributed by atoms with van der Waals surface area (Å²) in [6.45, 7) is 5.42. The van der Waals surface area contributed by atoms with Gasteiger partial charge in [0.15, 0.2) is 0 Å². The highest BCUT2D eigenvalue weighted by Crippen LogP contribution is 2.40. The minimum Gasteiger partial charge on any atom is -0.343 e. The second-order valence-electron chi connectivity index (χ2n) is 6.30. The van der Waals surface area contributed by atoms with E-state index in [0.717, 1.165) is 12.8 Å². The first kappa shape index (κ1) is 14.0. The molecule has 1 spiro atoms. The molecular weight excluding hydrogens is 244 g/mol. The molecule has 2 fully saturated rings. The zero-order chi connectivity index (χ0) is 14.0. The largest absolute Gasteiger partial charge is 0.343 e. The highest BCUT2D eigenvalue weighted by molar-refractivity contribution is 5.98. The van der Waals surface area contributed by atoms with Gasteiger partial charge in [-0.3, -0.25) is 19.7 Å². The summed E-state index contributed by atoms with van der Waals surface area (Å²) < 4.78 is 0. The number of piperidine rings is 2. The van der Waals surface area contributed by atoms with Crippen LogP contribution < -0.4 is 5.32 Å². The van der Waals surface area contributed by atoms with Crippen molar-refractivity contribution in [1.82, 2.24) is 10.2 Å². The molecule has 0 radical (unpaired) electrons. The van der Waals surface area contributed by atoms with Crippen molar-refractivity contribution in [3.8, 4) is 0 Å². The maximum absolute atomic E-state index is 12.0. The molecule has 2 rings (SSSR count). The summed E-state index contributed by atoms with van der Waals surface area (Å²) in [6.07, 6.45) is 2.94. The number of carbonyl (C=O) groups is 3. The molecule has 0 aliphatic carbocycles. The number of rotatable bonds is 2. The van der Waals surface area contributed by atoms with Gasteiger partial charge in [-0.25, -0.2) is 0 Å². The average Bonchev–Trinajstić information content (AvgIpc) is 2.26. The van der Waals surface area contributed by atoms with E-state index in [4.69, 9.17) is 0 Å². The maximum atomic E-state index is 12.0.